The van der Waals surface area contributed by atoms with Crippen LogP contribution in [0.4, 0.5) is 0 Å². The second-order valence-electron chi connectivity index (χ2n) is 7.49. The minimum Gasteiger partial charge on any atom is -0.507 e. The average Bonchev–Trinajstić information content (AvgIpc) is 2.76. The summed E-state index contributed by atoms with van der Waals surface area (Å²) in [5.74, 6) is 1.75. The first kappa shape index (κ1) is 21.9. The average molecular weight is 422 g/mol. The molecule has 4 nitrogen and oxygen atoms in total. The van der Waals surface area contributed by atoms with Crippen LogP contribution in [0.1, 0.15) is 36.1 Å². The van der Waals surface area contributed by atoms with Crippen molar-refractivity contribution in [3.05, 3.63) is 83.2 Å². The van der Waals surface area contributed by atoms with Crippen molar-refractivity contribution in [3.63, 3.8) is 0 Å². The summed E-state index contributed by atoms with van der Waals surface area (Å²) in [7, 11) is 0. The van der Waals surface area contributed by atoms with E-state index >= 15 is 0 Å². The molecule has 0 radical (unpaired) electrons. The summed E-state index contributed by atoms with van der Waals surface area (Å²) in [6.45, 7) is 5.73. The largest absolute Gasteiger partial charge is 0.507 e. The molecular weight excluding hydrogens is 394 g/mol. The third-order valence-electron chi connectivity index (χ3n) is 5.13. The Morgan fingerprint density at radius 1 is 1.13 bits per heavy atom. The first-order valence-electron chi connectivity index (χ1n) is 9.99. The highest BCUT2D eigenvalue weighted by Gasteiger charge is 2.15. The number of phenols is 1. The lowest BCUT2D eigenvalue weighted by Crippen LogP contribution is -2.10. The number of aromatic hydroxyl groups is 1. The molecule has 3 rings (SSSR count). The van der Waals surface area contributed by atoms with Gasteiger partial charge in [-0.1, -0.05) is 37.3 Å². The number of aromatic nitrogens is 1. The number of pyridine rings is 1. The molecule has 1 N–H and O–H groups in total. The molecule has 0 fully saturated rings. The van der Waals surface area contributed by atoms with Crippen molar-refractivity contribution in [2.75, 3.05) is 0 Å². The minimum atomic E-state index is -0.116. The molecule has 0 spiro atoms. The SMILES string of the molecule is CC(=O)C(C)Cc1ccc(OCc2cccc(CSc3ccncc3)c2)c(C)c1O. The number of benzene rings is 2. The Bertz CT molecular complexity index is 1000. The molecule has 3 aromatic rings. The van der Waals surface area contributed by atoms with Crippen molar-refractivity contribution < 1.29 is 14.6 Å². The maximum absolute atomic E-state index is 11.5. The quantitative estimate of drug-likeness (QED) is 0.447. The van der Waals surface area contributed by atoms with Crippen molar-refractivity contribution in [3.8, 4) is 11.5 Å². The maximum Gasteiger partial charge on any atom is 0.132 e. The number of hydrogen-bond donors (Lipinski definition) is 1. The second-order valence-corrected chi connectivity index (χ2v) is 8.54. The van der Waals surface area contributed by atoms with Crippen molar-refractivity contribution in [2.45, 2.75) is 44.4 Å². The third kappa shape index (κ3) is 5.86. The molecule has 0 amide bonds. The molecule has 0 aliphatic carbocycles. The van der Waals surface area contributed by atoms with E-state index in [2.05, 4.69) is 17.1 Å². The molecule has 30 heavy (non-hydrogen) atoms. The molecular formula is C25H27NO3S. The van der Waals surface area contributed by atoms with E-state index in [0.29, 0.717) is 24.3 Å². The van der Waals surface area contributed by atoms with Gasteiger partial charge in [0.2, 0.25) is 0 Å². The topological polar surface area (TPSA) is 59.4 Å². The summed E-state index contributed by atoms with van der Waals surface area (Å²) < 4.78 is 5.99. The van der Waals surface area contributed by atoms with Gasteiger partial charge in [-0.05, 0) is 55.2 Å². The van der Waals surface area contributed by atoms with Crippen LogP contribution in [0.3, 0.4) is 0 Å². The van der Waals surface area contributed by atoms with Crippen LogP contribution in [0.25, 0.3) is 0 Å². The van der Waals surface area contributed by atoms with Gasteiger partial charge >= 0.3 is 0 Å². The fourth-order valence-corrected chi connectivity index (χ4v) is 3.93. The van der Waals surface area contributed by atoms with Gasteiger partial charge in [0.05, 0.1) is 0 Å². The fourth-order valence-electron chi connectivity index (χ4n) is 3.10. The van der Waals surface area contributed by atoms with E-state index in [4.69, 9.17) is 4.74 Å². The predicted octanol–water partition coefficient (Wildman–Crippen LogP) is 5.73. The lowest BCUT2D eigenvalue weighted by atomic mass is 9.95. The first-order valence-corrected chi connectivity index (χ1v) is 11.0. The zero-order chi connectivity index (χ0) is 21.5. The van der Waals surface area contributed by atoms with E-state index in [0.717, 1.165) is 16.9 Å². The van der Waals surface area contributed by atoms with E-state index in [1.807, 2.05) is 50.2 Å². The normalized spacial score (nSPS) is 11.8. The number of phenolic OH excluding ortho intramolecular Hbond substituents is 1. The van der Waals surface area contributed by atoms with E-state index in [9.17, 15) is 9.90 Å². The second kappa shape index (κ2) is 10.3. The number of thioether (sulfide) groups is 1. The molecule has 1 unspecified atom stereocenters. The van der Waals surface area contributed by atoms with Gasteiger partial charge in [-0.2, -0.15) is 0 Å². The first-order chi connectivity index (χ1) is 14.4. The summed E-state index contributed by atoms with van der Waals surface area (Å²) >= 11 is 1.77. The standard InChI is InChI=1S/C25H27NO3S/c1-17(19(3)27)13-22-7-8-24(18(2)25(22)28)29-15-20-5-4-6-21(14-20)16-30-23-9-11-26-12-10-23/h4-12,14,17,28H,13,15-16H2,1-3H3. The lowest BCUT2D eigenvalue weighted by Gasteiger charge is -2.15. The Morgan fingerprint density at radius 3 is 2.60 bits per heavy atom. The van der Waals surface area contributed by atoms with Crippen LogP contribution < -0.4 is 4.74 Å². The number of Topliss-reactive ketones (excluding diaryl/α,β-unsaturated/α-hetero) is 1. The van der Waals surface area contributed by atoms with E-state index in [-0.39, 0.29) is 17.5 Å². The Balaban J connectivity index is 1.62. The summed E-state index contributed by atoms with van der Waals surface area (Å²) in [5, 5.41) is 10.5. The predicted molar refractivity (Wildman–Crippen MR) is 121 cm³/mol. The van der Waals surface area contributed by atoms with Gasteiger partial charge in [0.1, 0.15) is 23.9 Å². The summed E-state index contributed by atoms with van der Waals surface area (Å²) in [6, 6.07) is 16.1. The van der Waals surface area contributed by atoms with Gasteiger partial charge in [-0.15, -0.1) is 11.8 Å². The molecule has 1 heterocycles. The molecule has 0 saturated heterocycles. The number of hydrogen-bond acceptors (Lipinski definition) is 5. The molecule has 1 aromatic heterocycles. The maximum atomic E-state index is 11.5. The minimum absolute atomic E-state index is 0.116. The van der Waals surface area contributed by atoms with Gasteiger partial charge in [0, 0.05) is 34.5 Å². The molecule has 0 aliphatic heterocycles. The van der Waals surface area contributed by atoms with Gasteiger partial charge in [-0.25, -0.2) is 0 Å². The summed E-state index contributed by atoms with van der Waals surface area (Å²) in [6.07, 6.45) is 4.13. The number of ketones is 1. The van der Waals surface area contributed by atoms with Gasteiger partial charge in [0.25, 0.3) is 0 Å². The number of carbonyl (C=O) groups excluding carboxylic acids is 1. The van der Waals surface area contributed by atoms with Crippen molar-refractivity contribution in [1.29, 1.82) is 0 Å². The van der Waals surface area contributed by atoms with Gasteiger partial charge in [-0.3, -0.25) is 9.78 Å². The highest BCUT2D eigenvalue weighted by Crippen LogP contribution is 2.32. The molecule has 0 bridgehead atoms. The highest BCUT2D eigenvalue weighted by atomic mass is 32.2. The Hall–Kier alpha value is -2.79. The van der Waals surface area contributed by atoms with Crippen LogP contribution in [-0.4, -0.2) is 15.9 Å². The zero-order valence-electron chi connectivity index (χ0n) is 17.6. The molecule has 0 aliphatic rings. The van der Waals surface area contributed by atoms with Crippen LogP contribution in [0.2, 0.25) is 0 Å². The summed E-state index contributed by atoms with van der Waals surface area (Å²) in [5.41, 5.74) is 3.78. The van der Waals surface area contributed by atoms with E-state index in [1.54, 1.807) is 31.1 Å². The van der Waals surface area contributed by atoms with E-state index < -0.39 is 0 Å². The van der Waals surface area contributed by atoms with Crippen LogP contribution in [0.5, 0.6) is 11.5 Å². The van der Waals surface area contributed by atoms with E-state index in [1.165, 1.54) is 10.5 Å². The number of nitrogens with zero attached hydrogens (tertiary/aromatic N) is 1. The van der Waals surface area contributed by atoms with Crippen LogP contribution in [-0.2, 0) is 23.6 Å². The smallest absolute Gasteiger partial charge is 0.132 e. The van der Waals surface area contributed by atoms with Crippen molar-refractivity contribution in [2.24, 2.45) is 5.92 Å². The van der Waals surface area contributed by atoms with Crippen molar-refractivity contribution in [1.82, 2.24) is 4.98 Å². The van der Waals surface area contributed by atoms with Crippen LogP contribution in [0, 0.1) is 12.8 Å². The summed E-state index contributed by atoms with van der Waals surface area (Å²) in [4.78, 5) is 16.8. The molecule has 1 atom stereocenters. The van der Waals surface area contributed by atoms with Crippen LogP contribution >= 0.6 is 11.8 Å². The lowest BCUT2D eigenvalue weighted by molar-refractivity contribution is -0.120. The molecule has 5 heteroatoms. The Labute approximate surface area is 182 Å². The molecule has 2 aromatic carbocycles. The Morgan fingerprint density at radius 2 is 1.87 bits per heavy atom. The number of rotatable bonds is 9. The van der Waals surface area contributed by atoms with Gasteiger partial charge < -0.3 is 9.84 Å². The van der Waals surface area contributed by atoms with Gasteiger partial charge in [0.15, 0.2) is 0 Å². The Kier molecular flexibility index (Phi) is 7.52. The molecule has 156 valence electrons. The highest BCUT2D eigenvalue weighted by molar-refractivity contribution is 7.98. The monoisotopic (exact) mass is 421 g/mol. The third-order valence-corrected chi connectivity index (χ3v) is 6.21. The fraction of sp³-hybridized carbons (Fsp3) is 0.280. The van der Waals surface area contributed by atoms with Crippen LogP contribution in [0.15, 0.2) is 65.8 Å². The number of carbonyl (C=O) groups is 1. The molecule has 0 saturated carbocycles. The zero-order valence-corrected chi connectivity index (χ0v) is 18.4. The number of ether oxygens (including phenoxy) is 1. The van der Waals surface area contributed by atoms with Crippen molar-refractivity contribution >= 4 is 17.5 Å².